The third-order valence-corrected chi connectivity index (χ3v) is 2.88. The summed E-state index contributed by atoms with van der Waals surface area (Å²) in [4.78, 5) is 27.2. The lowest BCUT2D eigenvalue weighted by Gasteiger charge is -2.26. The summed E-state index contributed by atoms with van der Waals surface area (Å²) < 4.78 is 0. The van der Waals surface area contributed by atoms with E-state index in [4.69, 9.17) is 0 Å². The molecule has 1 aliphatic heterocycles. The molecule has 1 fully saturated rings. The molecule has 2 amide bonds. The highest BCUT2D eigenvalue weighted by atomic mass is 16.2. The number of likely N-dealkylation sites (tertiary alicyclic amines) is 1. The van der Waals surface area contributed by atoms with E-state index in [0.29, 0.717) is 12.3 Å². The Morgan fingerprint density at radius 3 is 2.50 bits per heavy atom. The molecule has 1 unspecified atom stereocenters. The molecule has 4 nitrogen and oxygen atoms in total. The number of nitrogens with zero attached hydrogens (tertiary/aromatic N) is 2. The van der Waals surface area contributed by atoms with Crippen LogP contribution in [-0.4, -0.2) is 48.3 Å². The van der Waals surface area contributed by atoms with Gasteiger partial charge in [-0.2, -0.15) is 0 Å². The first-order chi connectivity index (χ1) is 7.43. The average Bonchev–Trinajstić information content (AvgIpc) is 2.63. The number of hydrogen-bond acceptors (Lipinski definition) is 2. The summed E-state index contributed by atoms with van der Waals surface area (Å²) in [5.41, 5.74) is 0. The fourth-order valence-corrected chi connectivity index (χ4v) is 2.09. The Bertz CT molecular complexity index is 274. The Morgan fingerprint density at radius 1 is 1.38 bits per heavy atom. The molecule has 1 saturated heterocycles. The zero-order valence-electron chi connectivity index (χ0n) is 10.7. The van der Waals surface area contributed by atoms with Crippen LogP contribution in [0.2, 0.25) is 0 Å². The molecule has 4 heteroatoms. The van der Waals surface area contributed by atoms with Crippen LogP contribution in [0.4, 0.5) is 0 Å². The monoisotopic (exact) mass is 226 g/mol. The van der Waals surface area contributed by atoms with Crippen LogP contribution in [0.15, 0.2) is 0 Å². The molecule has 1 aliphatic rings. The predicted octanol–water partition coefficient (Wildman–Crippen LogP) is 1.11. The van der Waals surface area contributed by atoms with E-state index in [9.17, 15) is 9.59 Å². The van der Waals surface area contributed by atoms with Crippen molar-refractivity contribution in [2.45, 2.75) is 39.2 Å². The van der Waals surface area contributed by atoms with Gasteiger partial charge in [-0.3, -0.25) is 9.59 Å². The number of amides is 2. The molecule has 0 saturated carbocycles. The van der Waals surface area contributed by atoms with Crippen LogP contribution in [0.3, 0.4) is 0 Å². The van der Waals surface area contributed by atoms with Gasteiger partial charge < -0.3 is 9.80 Å². The van der Waals surface area contributed by atoms with Crippen molar-refractivity contribution in [2.75, 3.05) is 20.6 Å². The summed E-state index contributed by atoms with van der Waals surface area (Å²) in [7, 11) is 3.48. The van der Waals surface area contributed by atoms with Crippen LogP contribution in [0.1, 0.15) is 33.1 Å². The van der Waals surface area contributed by atoms with E-state index < -0.39 is 0 Å². The lowest BCUT2D eigenvalue weighted by Crippen LogP contribution is -2.45. The van der Waals surface area contributed by atoms with Crippen molar-refractivity contribution in [3.63, 3.8) is 0 Å². The maximum absolute atomic E-state index is 11.9. The maximum Gasteiger partial charge on any atom is 0.244 e. The van der Waals surface area contributed by atoms with Gasteiger partial charge in [0.2, 0.25) is 11.8 Å². The summed E-state index contributed by atoms with van der Waals surface area (Å²) in [6.45, 7) is 4.78. The van der Waals surface area contributed by atoms with Gasteiger partial charge in [-0.25, -0.2) is 0 Å². The number of carbonyl (C=O) groups excluding carboxylic acids is 2. The zero-order chi connectivity index (χ0) is 12.3. The quantitative estimate of drug-likeness (QED) is 0.723. The number of likely N-dealkylation sites (N-methyl/N-ethyl adjacent to an activating group) is 1. The van der Waals surface area contributed by atoms with Crippen molar-refractivity contribution in [1.82, 2.24) is 9.80 Å². The summed E-state index contributed by atoms with van der Waals surface area (Å²) in [6, 6.07) is -0.221. The Labute approximate surface area is 97.6 Å². The maximum atomic E-state index is 11.9. The Balaban J connectivity index is 2.65. The first-order valence-electron chi connectivity index (χ1n) is 5.94. The van der Waals surface area contributed by atoms with Crippen LogP contribution in [-0.2, 0) is 9.59 Å². The first-order valence-corrected chi connectivity index (χ1v) is 5.94. The number of carbonyl (C=O) groups is 2. The molecule has 1 rings (SSSR count). The summed E-state index contributed by atoms with van der Waals surface area (Å²) in [5, 5.41) is 0. The molecule has 0 aromatic rings. The largest absolute Gasteiger partial charge is 0.347 e. The van der Waals surface area contributed by atoms with E-state index in [-0.39, 0.29) is 17.9 Å². The molecule has 0 aromatic carbocycles. The van der Waals surface area contributed by atoms with E-state index in [1.54, 1.807) is 23.9 Å². The minimum atomic E-state index is -0.221. The van der Waals surface area contributed by atoms with Crippen LogP contribution in [0.5, 0.6) is 0 Å². The number of rotatable bonds is 3. The van der Waals surface area contributed by atoms with Gasteiger partial charge in [-0.15, -0.1) is 0 Å². The standard InChI is InChI=1S/C12H22N2O2/c1-9(2)8-11(15)14-7-5-6-10(14)12(16)13(3)4/h9-10H,5-8H2,1-4H3. The third-order valence-electron chi connectivity index (χ3n) is 2.88. The highest BCUT2D eigenvalue weighted by Gasteiger charge is 2.34. The molecule has 0 bridgehead atoms. The van der Waals surface area contributed by atoms with Crippen molar-refractivity contribution < 1.29 is 9.59 Å². The summed E-state index contributed by atoms with van der Waals surface area (Å²) in [6.07, 6.45) is 2.28. The molecular formula is C12H22N2O2. The zero-order valence-corrected chi connectivity index (χ0v) is 10.7. The predicted molar refractivity (Wildman–Crippen MR) is 62.9 cm³/mol. The Hall–Kier alpha value is -1.06. The highest BCUT2D eigenvalue weighted by Crippen LogP contribution is 2.20. The van der Waals surface area contributed by atoms with Crippen molar-refractivity contribution in [1.29, 1.82) is 0 Å². The summed E-state index contributed by atoms with van der Waals surface area (Å²) >= 11 is 0. The van der Waals surface area contributed by atoms with Gasteiger partial charge in [0.05, 0.1) is 0 Å². The van der Waals surface area contributed by atoms with Crippen LogP contribution < -0.4 is 0 Å². The van der Waals surface area contributed by atoms with Crippen molar-refractivity contribution in [2.24, 2.45) is 5.92 Å². The molecule has 0 radical (unpaired) electrons. The average molecular weight is 226 g/mol. The molecule has 1 atom stereocenters. The van der Waals surface area contributed by atoms with Gasteiger partial charge in [-0.05, 0) is 18.8 Å². The van der Waals surface area contributed by atoms with Gasteiger partial charge >= 0.3 is 0 Å². The van der Waals surface area contributed by atoms with Crippen molar-refractivity contribution >= 4 is 11.8 Å². The van der Waals surface area contributed by atoms with Crippen molar-refractivity contribution in [3.8, 4) is 0 Å². The van der Waals surface area contributed by atoms with Crippen molar-refractivity contribution in [3.05, 3.63) is 0 Å². The lowest BCUT2D eigenvalue weighted by atomic mass is 10.1. The Morgan fingerprint density at radius 2 is 2.00 bits per heavy atom. The SMILES string of the molecule is CC(C)CC(=O)N1CCCC1C(=O)N(C)C. The van der Waals surface area contributed by atoms with E-state index in [1.165, 1.54) is 0 Å². The smallest absolute Gasteiger partial charge is 0.244 e. The second kappa shape index (κ2) is 5.32. The molecule has 92 valence electrons. The van der Waals surface area contributed by atoms with Gasteiger partial charge in [-0.1, -0.05) is 13.8 Å². The summed E-state index contributed by atoms with van der Waals surface area (Å²) in [5.74, 6) is 0.519. The van der Waals surface area contributed by atoms with Crippen LogP contribution in [0, 0.1) is 5.92 Å². The minimum Gasteiger partial charge on any atom is -0.347 e. The van der Waals surface area contributed by atoms with E-state index in [0.717, 1.165) is 19.4 Å². The van der Waals surface area contributed by atoms with Crippen LogP contribution in [0.25, 0.3) is 0 Å². The lowest BCUT2D eigenvalue weighted by molar-refractivity contribution is -0.142. The third kappa shape index (κ3) is 2.97. The molecule has 16 heavy (non-hydrogen) atoms. The van der Waals surface area contributed by atoms with E-state index in [2.05, 4.69) is 0 Å². The fraction of sp³-hybridized carbons (Fsp3) is 0.833. The normalized spacial score (nSPS) is 20.3. The van der Waals surface area contributed by atoms with Crippen LogP contribution >= 0.6 is 0 Å². The topological polar surface area (TPSA) is 40.6 Å². The highest BCUT2D eigenvalue weighted by molar-refractivity contribution is 5.88. The second-order valence-electron chi connectivity index (χ2n) is 5.08. The molecule has 1 heterocycles. The molecular weight excluding hydrogens is 204 g/mol. The molecule has 0 aromatic heterocycles. The van der Waals surface area contributed by atoms with Gasteiger partial charge in [0.25, 0.3) is 0 Å². The molecule has 0 spiro atoms. The number of hydrogen-bond donors (Lipinski definition) is 0. The molecule has 0 N–H and O–H groups in total. The van der Waals surface area contributed by atoms with E-state index in [1.807, 2.05) is 13.8 Å². The van der Waals surface area contributed by atoms with E-state index >= 15 is 0 Å². The van der Waals surface area contributed by atoms with Gasteiger partial charge in [0, 0.05) is 27.1 Å². The first kappa shape index (κ1) is 13.0. The molecule has 0 aliphatic carbocycles. The fourth-order valence-electron chi connectivity index (χ4n) is 2.09. The Kier molecular flexibility index (Phi) is 4.33. The minimum absolute atomic E-state index is 0.0506. The second-order valence-corrected chi connectivity index (χ2v) is 5.08. The van der Waals surface area contributed by atoms with Gasteiger partial charge in [0.15, 0.2) is 0 Å². The van der Waals surface area contributed by atoms with Gasteiger partial charge in [0.1, 0.15) is 6.04 Å².